The highest BCUT2D eigenvalue weighted by atomic mass is 19.3. The summed E-state index contributed by atoms with van der Waals surface area (Å²) in [6.07, 6.45) is -2.48. The van der Waals surface area contributed by atoms with Crippen molar-refractivity contribution >= 4 is 5.97 Å². The first-order chi connectivity index (χ1) is 8.95. The Morgan fingerprint density at radius 2 is 2.05 bits per heavy atom. The van der Waals surface area contributed by atoms with Crippen LogP contribution in [0, 0.1) is 5.92 Å². The Bertz CT molecular complexity index is 422. The molecule has 3 nitrogen and oxygen atoms in total. The Morgan fingerprint density at radius 3 is 2.58 bits per heavy atom. The van der Waals surface area contributed by atoms with Gasteiger partial charge in [0.15, 0.2) is 0 Å². The minimum absolute atomic E-state index is 0.0153. The Kier molecular flexibility index (Phi) is 5.89. The highest BCUT2D eigenvalue weighted by molar-refractivity contribution is 5.75. The lowest BCUT2D eigenvalue weighted by atomic mass is 10.0. The number of hydrogen-bond donors (Lipinski definition) is 1. The van der Waals surface area contributed by atoms with E-state index in [0.29, 0.717) is 12.1 Å². The maximum atomic E-state index is 12.6. The van der Waals surface area contributed by atoms with Crippen molar-refractivity contribution in [3.05, 3.63) is 35.4 Å². The summed E-state index contributed by atoms with van der Waals surface area (Å²) >= 11 is 0. The molecule has 0 radical (unpaired) electrons. The number of esters is 1. The first kappa shape index (κ1) is 15.6. The van der Waals surface area contributed by atoms with Gasteiger partial charge in [0, 0.05) is 12.1 Å². The van der Waals surface area contributed by atoms with Crippen molar-refractivity contribution < 1.29 is 18.3 Å². The van der Waals surface area contributed by atoms with Gasteiger partial charge in [-0.15, -0.1) is 0 Å². The lowest BCUT2D eigenvalue weighted by Crippen LogP contribution is -2.41. The summed E-state index contributed by atoms with van der Waals surface area (Å²) in [4.78, 5) is 11.5. The quantitative estimate of drug-likeness (QED) is 0.808. The molecule has 19 heavy (non-hydrogen) atoms. The molecular weight excluding hydrogens is 252 g/mol. The highest BCUT2D eigenvalue weighted by Crippen LogP contribution is 2.19. The van der Waals surface area contributed by atoms with Gasteiger partial charge in [0.1, 0.15) is 6.04 Å². The molecular formula is C14H19F2NO2. The summed E-state index contributed by atoms with van der Waals surface area (Å²) in [6, 6.07) is 5.70. The second kappa shape index (κ2) is 7.19. The van der Waals surface area contributed by atoms with Gasteiger partial charge in [-0.25, -0.2) is 8.78 Å². The molecule has 0 saturated carbocycles. The van der Waals surface area contributed by atoms with Gasteiger partial charge in [-0.05, 0) is 17.5 Å². The second-order valence-corrected chi connectivity index (χ2v) is 4.67. The summed E-state index contributed by atoms with van der Waals surface area (Å²) in [6.45, 7) is 4.13. The molecule has 106 valence electrons. The molecule has 0 unspecified atom stereocenters. The molecule has 1 atom stereocenters. The first-order valence-electron chi connectivity index (χ1n) is 6.14. The van der Waals surface area contributed by atoms with E-state index in [1.165, 1.54) is 19.2 Å². The molecule has 1 aromatic rings. The molecule has 0 aliphatic rings. The van der Waals surface area contributed by atoms with Crippen LogP contribution in [0.1, 0.15) is 31.4 Å². The van der Waals surface area contributed by atoms with Gasteiger partial charge in [0.05, 0.1) is 7.11 Å². The zero-order valence-corrected chi connectivity index (χ0v) is 11.3. The molecule has 0 aromatic heterocycles. The number of rotatable bonds is 6. The van der Waals surface area contributed by atoms with Gasteiger partial charge < -0.3 is 10.1 Å². The molecule has 0 aliphatic heterocycles. The zero-order valence-electron chi connectivity index (χ0n) is 11.3. The minimum Gasteiger partial charge on any atom is -0.468 e. The Balaban J connectivity index is 2.69. The molecule has 0 spiro atoms. The standard InChI is InChI=1S/C14H19F2NO2/c1-9(2)12(14(18)19-3)17-8-10-5-4-6-11(7-10)13(15)16/h4-7,9,12-13,17H,8H2,1-3H3/t12-/m0/s1. The lowest BCUT2D eigenvalue weighted by Gasteiger charge is -2.20. The van der Waals surface area contributed by atoms with Gasteiger partial charge in [0.2, 0.25) is 0 Å². The molecule has 0 aliphatic carbocycles. The summed E-state index contributed by atoms with van der Waals surface area (Å²) in [5, 5.41) is 3.03. The van der Waals surface area contributed by atoms with Crippen LogP contribution < -0.4 is 5.32 Å². The topological polar surface area (TPSA) is 38.3 Å². The van der Waals surface area contributed by atoms with Crippen molar-refractivity contribution in [2.75, 3.05) is 7.11 Å². The van der Waals surface area contributed by atoms with Gasteiger partial charge in [0.25, 0.3) is 6.43 Å². The van der Waals surface area contributed by atoms with Crippen molar-refractivity contribution in [3.63, 3.8) is 0 Å². The molecule has 0 saturated heterocycles. The van der Waals surface area contributed by atoms with E-state index in [0.717, 1.165) is 0 Å². The van der Waals surface area contributed by atoms with Crippen molar-refractivity contribution in [2.45, 2.75) is 32.9 Å². The fraction of sp³-hybridized carbons (Fsp3) is 0.500. The average Bonchev–Trinajstić information content (AvgIpc) is 2.38. The second-order valence-electron chi connectivity index (χ2n) is 4.67. The predicted molar refractivity (Wildman–Crippen MR) is 68.9 cm³/mol. The van der Waals surface area contributed by atoms with Crippen molar-refractivity contribution in [2.24, 2.45) is 5.92 Å². The Morgan fingerprint density at radius 1 is 1.37 bits per heavy atom. The van der Waals surface area contributed by atoms with Crippen LogP contribution in [0.3, 0.4) is 0 Å². The van der Waals surface area contributed by atoms with Crippen LogP contribution in [-0.2, 0) is 16.1 Å². The molecule has 0 bridgehead atoms. The van der Waals surface area contributed by atoms with E-state index in [1.807, 2.05) is 13.8 Å². The third-order valence-corrected chi connectivity index (χ3v) is 2.85. The molecule has 0 fully saturated rings. The Labute approximate surface area is 112 Å². The number of methoxy groups -OCH3 is 1. The fourth-order valence-electron chi connectivity index (χ4n) is 1.78. The number of nitrogens with one attached hydrogen (secondary N) is 1. The van der Waals surface area contributed by atoms with Crippen LogP contribution >= 0.6 is 0 Å². The van der Waals surface area contributed by atoms with E-state index >= 15 is 0 Å². The van der Waals surface area contributed by atoms with Gasteiger partial charge >= 0.3 is 5.97 Å². The maximum Gasteiger partial charge on any atom is 0.323 e. The fourth-order valence-corrected chi connectivity index (χ4v) is 1.78. The number of benzene rings is 1. The molecule has 0 amide bonds. The van der Waals surface area contributed by atoms with E-state index in [-0.39, 0.29) is 17.5 Å². The molecule has 5 heteroatoms. The van der Waals surface area contributed by atoms with Gasteiger partial charge in [-0.3, -0.25) is 4.79 Å². The van der Waals surface area contributed by atoms with Crippen molar-refractivity contribution in [1.29, 1.82) is 0 Å². The largest absolute Gasteiger partial charge is 0.468 e. The van der Waals surface area contributed by atoms with Crippen molar-refractivity contribution in [1.82, 2.24) is 5.32 Å². The van der Waals surface area contributed by atoms with Crippen LogP contribution in [0.25, 0.3) is 0 Å². The number of carbonyl (C=O) groups excluding carboxylic acids is 1. The number of carbonyl (C=O) groups is 1. The smallest absolute Gasteiger partial charge is 0.323 e. The van der Waals surface area contributed by atoms with E-state index in [4.69, 9.17) is 4.74 Å². The average molecular weight is 271 g/mol. The van der Waals surface area contributed by atoms with Crippen LogP contribution in [-0.4, -0.2) is 19.1 Å². The van der Waals surface area contributed by atoms with E-state index in [2.05, 4.69) is 5.32 Å². The third kappa shape index (κ3) is 4.59. The third-order valence-electron chi connectivity index (χ3n) is 2.85. The SMILES string of the molecule is COC(=O)[C@@H](NCc1cccc(C(F)F)c1)C(C)C. The van der Waals surface area contributed by atoms with Crippen LogP contribution in [0.5, 0.6) is 0 Å². The number of alkyl halides is 2. The van der Waals surface area contributed by atoms with Gasteiger partial charge in [-0.2, -0.15) is 0 Å². The summed E-state index contributed by atoms with van der Waals surface area (Å²) in [5.74, 6) is -0.286. The summed E-state index contributed by atoms with van der Waals surface area (Å²) < 4.78 is 29.8. The number of ether oxygens (including phenoxy) is 1. The van der Waals surface area contributed by atoms with Crippen LogP contribution in [0.15, 0.2) is 24.3 Å². The first-order valence-corrected chi connectivity index (χ1v) is 6.14. The normalized spacial score (nSPS) is 12.8. The molecule has 1 rings (SSSR count). The number of hydrogen-bond acceptors (Lipinski definition) is 3. The summed E-state index contributed by atoms with van der Waals surface area (Å²) in [5.41, 5.74) is 0.700. The van der Waals surface area contributed by atoms with Crippen molar-refractivity contribution in [3.8, 4) is 0 Å². The minimum atomic E-state index is -2.48. The van der Waals surface area contributed by atoms with E-state index in [1.54, 1.807) is 12.1 Å². The zero-order chi connectivity index (χ0) is 14.4. The summed E-state index contributed by atoms with van der Waals surface area (Å²) in [7, 11) is 1.33. The van der Waals surface area contributed by atoms with E-state index in [9.17, 15) is 13.6 Å². The van der Waals surface area contributed by atoms with E-state index < -0.39 is 12.5 Å². The molecule has 1 aromatic carbocycles. The van der Waals surface area contributed by atoms with Crippen LogP contribution in [0.2, 0.25) is 0 Å². The predicted octanol–water partition coefficient (Wildman–Crippen LogP) is 2.91. The molecule has 0 heterocycles. The molecule has 1 N–H and O–H groups in total. The Hall–Kier alpha value is -1.49. The highest BCUT2D eigenvalue weighted by Gasteiger charge is 2.22. The monoisotopic (exact) mass is 271 g/mol. The lowest BCUT2D eigenvalue weighted by molar-refractivity contribution is -0.144. The maximum absolute atomic E-state index is 12.6. The van der Waals surface area contributed by atoms with Crippen LogP contribution in [0.4, 0.5) is 8.78 Å². The van der Waals surface area contributed by atoms with Gasteiger partial charge in [-0.1, -0.05) is 32.0 Å². The number of halogens is 2.